The Hall–Kier alpha value is -6.37. The predicted molar refractivity (Wildman–Crippen MR) is 236 cm³/mol. The Morgan fingerprint density at radius 1 is 0.885 bits per heavy atom. The number of anilines is 4. The van der Waals surface area contributed by atoms with E-state index in [-0.39, 0.29) is 28.7 Å². The smallest absolute Gasteiger partial charge is 0.415 e. The Labute approximate surface area is 360 Å². The van der Waals surface area contributed by atoms with Crippen LogP contribution in [0.15, 0.2) is 107 Å². The molecule has 5 aromatic carbocycles. The largest absolute Gasteiger partial charge is 0.465 e. The van der Waals surface area contributed by atoms with E-state index in [0.717, 1.165) is 6.26 Å². The number of ether oxygens (including phenoxy) is 2. The van der Waals surface area contributed by atoms with Crippen LogP contribution in [0.1, 0.15) is 43.6 Å². The van der Waals surface area contributed by atoms with Gasteiger partial charge in [0, 0.05) is 28.4 Å². The number of azo groups is 1. The second kappa shape index (κ2) is 19.3. The maximum absolute atomic E-state index is 13.8. The normalized spacial score (nSPS) is 12.6. The Kier molecular flexibility index (Phi) is 14.5. The number of methoxy groups -OCH3 is 1. The number of aryl methyl sites for hydroxylation is 1. The number of hydrogen-bond acceptors (Lipinski definition) is 12. The van der Waals surface area contributed by atoms with Gasteiger partial charge in [-0.2, -0.15) is 14.4 Å². The summed E-state index contributed by atoms with van der Waals surface area (Å²) in [6, 6.07) is 25.3. The van der Waals surface area contributed by atoms with Crippen LogP contribution in [0, 0.1) is 12.3 Å². The molecule has 16 nitrogen and oxygen atoms in total. The maximum atomic E-state index is 13.8. The van der Waals surface area contributed by atoms with E-state index < -0.39 is 56.6 Å². The Morgan fingerprint density at radius 3 is 2.20 bits per heavy atom. The van der Waals surface area contributed by atoms with Crippen molar-refractivity contribution in [3.63, 3.8) is 0 Å². The molecule has 5 aromatic rings. The van der Waals surface area contributed by atoms with Crippen LogP contribution in [0.5, 0.6) is 5.75 Å². The standard InChI is InChI=1S/C42H43ClN6O10S2/c1-8-49(29-18-20-33(25(2)23-29)46-45-27-15-13-26(14-16-27)40(52)57-6)41(53)58-37(38(50)42(3,4)5)39(51)44-35-24-28(17-19-32(35)43)47-60(54)59-36-22-21-34(48-61(7,55)56)30-11-9-10-12-31(30)36/h9-24,37,47-48H,8H2,1-7H3,(H,44,51). The zero-order valence-electron chi connectivity index (χ0n) is 34.1. The van der Waals surface area contributed by atoms with E-state index in [4.69, 9.17) is 25.3 Å². The third kappa shape index (κ3) is 11.9. The number of carbonyl (C=O) groups is 4. The number of sulfonamides is 1. The van der Waals surface area contributed by atoms with Crippen molar-refractivity contribution < 1.29 is 45.5 Å². The van der Waals surface area contributed by atoms with Crippen molar-refractivity contribution in [3.8, 4) is 5.75 Å². The summed E-state index contributed by atoms with van der Waals surface area (Å²) in [6.45, 7) is 8.32. The van der Waals surface area contributed by atoms with Gasteiger partial charge in [-0.3, -0.25) is 23.9 Å². The molecule has 0 aliphatic heterocycles. The van der Waals surface area contributed by atoms with Gasteiger partial charge >= 0.3 is 23.3 Å². The topological polar surface area (TPSA) is 211 Å². The molecule has 0 aliphatic rings. The van der Waals surface area contributed by atoms with Gasteiger partial charge in [-0.15, -0.1) is 0 Å². The average Bonchev–Trinajstić information content (AvgIpc) is 3.20. The maximum Gasteiger partial charge on any atom is 0.415 e. The summed E-state index contributed by atoms with van der Waals surface area (Å²) in [4.78, 5) is 54.2. The highest BCUT2D eigenvalue weighted by Gasteiger charge is 2.39. The van der Waals surface area contributed by atoms with E-state index in [1.807, 2.05) is 0 Å². The highest BCUT2D eigenvalue weighted by Crippen LogP contribution is 2.34. The first kappa shape index (κ1) is 45.7. The van der Waals surface area contributed by atoms with Crippen LogP contribution in [-0.4, -0.2) is 62.4 Å². The van der Waals surface area contributed by atoms with Gasteiger partial charge in [0.05, 0.1) is 52.4 Å². The number of hydrogen-bond donors (Lipinski definition) is 3. The highest BCUT2D eigenvalue weighted by atomic mass is 35.5. The molecule has 0 fully saturated rings. The first-order valence-electron chi connectivity index (χ1n) is 18.5. The summed E-state index contributed by atoms with van der Waals surface area (Å²) in [5.74, 6) is -1.96. The number of carbonyl (C=O) groups excluding carboxylic acids is 4. The van der Waals surface area contributed by atoms with Crippen LogP contribution in [0.4, 0.5) is 38.9 Å². The molecule has 0 heterocycles. The van der Waals surface area contributed by atoms with Crippen molar-refractivity contribution in [2.45, 2.75) is 40.7 Å². The predicted octanol–water partition coefficient (Wildman–Crippen LogP) is 9.03. The third-order valence-electron chi connectivity index (χ3n) is 8.79. The van der Waals surface area contributed by atoms with Crippen molar-refractivity contribution in [2.75, 3.05) is 39.6 Å². The minimum absolute atomic E-state index is 0.00482. The fraction of sp³-hybridized carbons (Fsp3) is 0.238. The third-order valence-corrected chi connectivity index (χ3v) is 10.4. The van der Waals surface area contributed by atoms with Crippen LogP contribution in [0.2, 0.25) is 5.02 Å². The van der Waals surface area contributed by atoms with Crippen LogP contribution in [0.3, 0.4) is 0 Å². The summed E-state index contributed by atoms with van der Waals surface area (Å²) in [5.41, 5.74) is 1.81. The monoisotopic (exact) mass is 890 g/mol. The fourth-order valence-corrected chi connectivity index (χ4v) is 7.14. The van der Waals surface area contributed by atoms with Crippen molar-refractivity contribution in [1.82, 2.24) is 0 Å². The van der Waals surface area contributed by atoms with Gasteiger partial charge in [-0.25, -0.2) is 18.0 Å². The molecule has 2 unspecified atom stereocenters. The molecule has 2 amide bonds. The van der Waals surface area contributed by atoms with Crippen molar-refractivity contribution >= 4 is 102 Å². The number of Topliss-reactive ketones (excluding diaryl/α,β-unsaturated/α-hetero) is 1. The van der Waals surface area contributed by atoms with Gasteiger partial charge in [-0.1, -0.05) is 56.6 Å². The minimum Gasteiger partial charge on any atom is -0.465 e. The lowest BCUT2D eigenvalue weighted by Gasteiger charge is -2.27. The molecule has 0 bridgehead atoms. The summed E-state index contributed by atoms with van der Waals surface area (Å²) >= 11 is 4.24. The zero-order valence-corrected chi connectivity index (χ0v) is 36.5. The van der Waals surface area contributed by atoms with E-state index >= 15 is 0 Å². The van der Waals surface area contributed by atoms with Gasteiger partial charge in [0.1, 0.15) is 5.75 Å². The summed E-state index contributed by atoms with van der Waals surface area (Å²) in [6.07, 6.45) is -1.84. The number of nitrogens with zero attached hydrogens (tertiary/aromatic N) is 3. The molecule has 320 valence electrons. The number of fused-ring (bicyclic) bond motifs is 1. The first-order valence-corrected chi connectivity index (χ1v) is 21.8. The van der Waals surface area contributed by atoms with Gasteiger partial charge in [-0.05, 0) is 92.2 Å². The lowest BCUT2D eigenvalue weighted by molar-refractivity contribution is -0.142. The van der Waals surface area contributed by atoms with E-state index in [1.54, 1.807) is 101 Å². The Morgan fingerprint density at radius 2 is 1.57 bits per heavy atom. The van der Waals surface area contributed by atoms with Gasteiger partial charge < -0.3 is 19.0 Å². The molecule has 0 aliphatic carbocycles. The number of ketones is 1. The number of amides is 2. The molecule has 0 saturated heterocycles. The average molecular weight is 891 g/mol. The SMILES string of the molecule is CCN(C(=O)OC(C(=O)Nc1cc(NS(=O)Oc2ccc(NS(C)(=O)=O)c3ccccc23)ccc1Cl)C(=O)C(C)(C)C)c1ccc(N=Nc2ccc(C(=O)OC)cc2)c(C)c1. The highest BCUT2D eigenvalue weighted by molar-refractivity contribution is 7.92. The van der Waals surface area contributed by atoms with Crippen molar-refractivity contribution in [3.05, 3.63) is 113 Å². The first-order chi connectivity index (χ1) is 28.8. The summed E-state index contributed by atoms with van der Waals surface area (Å²) in [7, 11) is -2.29. The molecule has 0 radical (unpaired) electrons. The lowest BCUT2D eigenvalue weighted by Crippen LogP contribution is -2.47. The number of benzene rings is 5. The van der Waals surface area contributed by atoms with Crippen LogP contribution in [-0.2, 0) is 40.4 Å². The minimum atomic E-state index is -3.58. The van der Waals surface area contributed by atoms with E-state index in [0.29, 0.717) is 44.6 Å². The molecule has 5 rings (SSSR count). The lowest BCUT2D eigenvalue weighted by atomic mass is 9.87. The summed E-state index contributed by atoms with van der Waals surface area (Å²) in [5, 5.41) is 12.1. The van der Waals surface area contributed by atoms with E-state index in [2.05, 4.69) is 25.0 Å². The van der Waals surface area contributed by atoms with Crippen molar-refractivity contribution in [1.29, 1.82) is 0 Å². The quantitative estimate of drug-likeness (QED) is 0.0516. The zero-order chi connectivity index (χ0) is 44.6. The molecule has 0 saturated carbocycles. The van der Waals surface area contributed by atoms with Gasteiger partial charge in [0.25, 0.3) is 5.91 Å². The Balaban J connectivity index is 1.30. The molecule has 0 spiro atoms. The van der Waals surface area contributed by atoms with Gasteiger partial charge in [0.2, 0.25) is 16.1 Å². The Bertz CT molecular complexity index is 2650. The van der Waals surface area contributed by atoms with Crippen LogP contribution in [0.25, 0.3) is 10.8 Å². The molecule has 2 atom stereocenters. The van der Waals surface area contributed by atoms with Crippen molar-refractivity contribution in [2.24, 2.45) is 15.6 Å². The van der Waals surface area contributed by atoms with Crippen LogP contribution < -0.4 is 23.8 Å². The molecule has 3 N–H and O–H groups in total. The number of nitrogens with one attached hydrogen (secondary N) is 3. The van der Waals surface area contributed by atoms with Crippen LogP contribution >= 0.6 is 11.6 Å². The van der Waals surface area contributed by atoms with Gasteiger partial charge in [0.15, 0.2) is 5.78 Å². The summed E-state index contributed by atoms with van der Waals surface area (Å²) < 4.78 is 58.1. The second-order valence-electron chi connectivity index (χ2n) is 14.5. The van der Waals surface area contributed by atoms with E-state index in [1.165, 1.54) is 42.3 Å². The molecule has 61 heavy (non-hydrogen) atoms. The fourth-order valence-electron chi connectivity index (χ4n) is 5.73. The molecular formula is C42H43ClN6O10S2. The molecular weight excluding hydrogens is 848 g/mol. The van der Waals surface area contributed by atoms with E-state index in [9.17, 15) is 31.8 Å². The number of halogens is 1. The number of rotatable bonds is 15. The molecule has 19 heteroatoms. The second-order valence-corrected chi connectivity index (χ2v) is 17.5. The molecule has 0 aromatic heterocycles. The number of esters is 1.